The number of quaternary nitrogens is 1. The lowest BCUT2D eigenvalue weighted by molar-refractivity contribution is -0.970. The Morgan fingerprint density at radius 3 is 1.76 bits per heavy atom. The van der Waals surface area contributed by atoms with Crippen LogP contribution in [0.4, 0.5) is 0 Å². The Bertz CT molecular complexity index is 315. The summed E-state index contributed by atoms with van der Waals surface area (Å²) < 4.78 is 0.778. The van der Waals surface area contributed by atoms with E-state index in [-0.39, 0.29) is 17.9 Å². The molecule has 0 aliphatic carbocycles. The van der Waals surface area contributed by atoms with Crippen molar-refractivity contribution in [1.82, 2.24) is 10.6 Å². The van der Waals surface area contributed by atoms with Gasteiger partial charge in [0.25, 0.3) is 0 Å². The number of hydrogen-bond donors (Lipinski definition) is 3. The Labute approximate surface area is 127 Å². The number of likely N-dealkylation sites (tertiary alicyclic amines) is 1. The Morgan fingerprint density at radius 1 is 1.00 bits per heavy atom. The van der Waals surface area contributed by atoms with Gasteiger partial charge in [0.15, 0.2) is 6.10 Å². The van der Waals surface area contributed by atoms with Gasteiger partial charge in [-0.1, -0.05) is 13.8 Å². The van der Waals surface area contributed by atoms with Crippen molar-refractivity contribution in [3.8, 4) is 0 Å². The fourth-order valence-electron chi connectivity index (χ4n) is 2.81. The van der Waals surface area contributed by atoms with E-state index in [1.165, 1.54) is 0 Å². The van der Waals surface area contributed by atoms with Gasteiger partial charge in [0.05, 0.1) is 26.2 Å². The van der Waals surface area contributed by atoms with E-state index in [4.69, 9.17) is 0 Å². The highest BCUT2D eigenvalue weighted by atomic mass is 16.3. The number of rotatable bonds is 10. The molecule has 0 bridgehead atoms. The van der Waals surface area contributed by atoms with E-state index < -0.39 is 0 Å². The maximum absolute atomic E-state index is 11.5. The van der Waals surface area contributed by atoms with Gasteiger partial charge in [-0.2, -0.15) is 0 Å². The van der Waals surface area contributed by atoms with E-state index in [1.54, 1.807) is 0 Å². The summed E-state index contributed by atoms with van der Waals surface area (Å²) in [4.78, 5) is 22.9. The van der Waals surface area contributed by atoms with Crippen molar-refractivity contribution in [2.75, 3.05) is 39.3 Å². The average molecular weight is 300 g/mol. The molecule has 6 heteroatoms. The van der Waals surface area contributed by atoms with E-state index in [0.717, 1.165) is 30.4 Å². The molecule has 2 amide bonds. The second-order valence-electron chi connectivity index (χ2n) is 6.01. The van der Waals surface area contributed by atoms with Crippen LogP contribution in [0.1, 0.15) is 39.5 Å². The highest BCUT2D eigenvalue weighted by Crippen LogP contribution is 2.19. The Balaban J connectivity index is 2.27. The number of nitrogens with one attached hydrogen (secondary N) is 2. The first-order valence-corrected chi connectivity index (χ1v) is 8.08. The lowest BCUT2D eigenvalue weighted by Crippen LogP contribution is -2.69. The van der Waals surface area contributed by atoms with Crippen LogP contribution in [0.2, 0.25) is 0 Å². The summed E-state index contributed by atoms with van der Waals surface area (Å²) in [7, 11) is 0. The van der Waals surface area contributed by atoms with Gasteiger partial charge >= 0.3 is 0 Å². The molecule has 1 fully saturated rings. The fourth-order valence-corrected chi connectivity index (χ4v) is 2.81. The van der Waals surface area contributed by atoms with Crippen molar-refractivity contribution in [3.05, 3.63) is 0 Å². The van der Waals surface area contributed by atoms with Gasteiger partial charge in [-0.15, -0.1) is 0 Å². The molecule has 0 spiro atoms. The van der Waals surface area contributed by atoms with E-state index >= 15 is 0 Å². The van der Waals surface area contributed by atoms with Gasteiger partial charge in [0, 0.05) is 12.8 Å². The first-order valence-electron chi connectivity index (χ1n) is 8.08. The fraction of sp³-hybridized carbons (Fsp3) is 0.867. The van der Waals surface area contributed by atoms with Crippen LogP contribution >= 0.6 is 0 Å². The number of carbonyl (C=O) groups is 2. The van der Waals surface area contributed by atoms with Crippen LogP contribution in [0.5, 0.6) is 0 Å². The third kappa shape index (κ3) is 6.44. The number of nitrogens with zero attached hydrogens (tertiary/aromatic N) is 1. The van der Waals surface area contributed by atoms with Crippen molar-refractivity contribution < 1.29 is 19.2 Å². The van der Waals surface area contributed by atoms with Crippen LogP contribution in [0.15, 0.2) is 0 Å². The van der Waals surface area contributed by atoms with Crippen LogP contribution in [-0.2, 0) is 9.59 Å². The topological polar surface area (TPSA) is 78.4 Å². The molecule has 0 aromatic carbocycles. The van der Waals surface area contributed by atoms with Crippen LogP contribution in [0.25, 0.3) is 0 Å². The van der Waals surface area contributed by atoms with E-state index in [1.807, 2.05) is 13.8 Å². The molecule has 1 rings (SSSR count). The van der Waals surface area contributed by atoms with Crippen LogP contribution in [-0.4, -0.2) is 66.8 Å². The number of aliphatic hydroxyl groups excluding tert-OH is 1. The molecule has 1 aliphatic heterocycles. The molecular formula is C15H30N3O3+. The zero-order chi connectivity index (χ0) is 15.7. The zero-order valence-corrected chi connectivity index (χ0v) is 13.4. The summed E-state index contributed by atoms with van der Waals surface area (Å²) >= 11 is 0. The van der Waals surface area contributed by atoms with Crippen molar-refractivity contribution >= 4 is 11.8 Å². The third-order valence-electron chi connectivity index (χ3n) is 3.97. The highest BCUT2D eigenvalue weighted by Gasteiger charge is 2.42. The molecule has 0 radical (unpaired) electrons. The van der Waals surface area contributed by atoms with Gasteiger partial charge in [-0.25, -0.2) is 0 Å². The Morgan fingerprint density at radius 2 is 1.43 bits per heavy atom. The molecule has 1 saturated heterocycles. The number of hydrogen-bond acceptors (Lipinski definition) is 3. The normalized spacial score (nSPS) is 17.1. The van der Waals surface area contributed by atoms with E-state index in [0.29, 0.717) is 39.0 Å². The average Bonchev–Trinajstić information content (AvgIpc) is 2.37. The molecular weight excluding hydrogens is 270 g/mol. The molecule has 1 aliphatic rings. The minimum Gasteiger partial charge on any atom is -0.382 e. The molecule has 3 N–H and O–H groups in total. The summed E-state index contributed by atoms with van der Waals surface area (Å²) in [6, 6.07) is 0. The molecule has 21 heavy (non-hydrogen) atoms. The second kappa shape index (κ2) is 9.00. The largest absolute Gasteiger partial charge is 0.382 e. The van der Waals surface area contributed by atoms with Crippen molar-refractivity contribution in [2.45, 2.75) is 45.6 Å². The van der Waals surface area contributed by atoms with Crippen molar-refractivity contribution in [1.29, 1.82) is 0 Å². The predicted molar refractivity (Wildman–Crippen MR) is 81.6 cm³/mol. The summed E-state index contributed by atoms with van der Waals surface area (Å²) in [5.74, 6) is 0.181. The maximum atomic E-state index is 11.5. The summed E-state index contributed by atoms with van der Waals surface area (Å²) in [5, 5.41) is 15.4. The van der Waals surface area contributed by atoms with Gasteiger partial charge in [0.2, 0.25) is 11.8 Å². The van der Waals surface area contributed by atoms with Gasteiger partial charge in [-0.05, 0) is 12.8 Å². The van der Waals surface area contributed by atoms with Gasteiger partial charge < -0.3 is 20.2 Å². The molecule has 0 aromatic heterocycles. The van der Waals surface area contributed by atoms with Crippen LogP contribution in [0, 0.1) is 0 Å². The summed E-state index contributed by atoms with van der Waals surface area (Å²) in [6.07, 6.45) is 2.59. The first kappa shape index (κ1) is 17.9. The molecule has 1 heterocycles. The van der Waals surface area contributed by atoms with Crippen molar-refractivity contribution in [3.63, 3.8) is 0 Å². The first-order chi connectivity index (χ1) is 10.0. The zero-order valence-electron chi connectivity index (χ0n) is 13.4. The highest BCUT2D eigenvalue weighted by molar-refractivity contribution is 5.76. The molecule has 0 atom stereocenters. The smallest absolute Gasteiger partial charge is 0.220 e. The standard InChI is InChI=1S/C15H29N3O3/c1-3-5-14(20)16-7-9-18(11-13(19)12-18)10-8-17-15(21)6-4-2/h13,19H,3-12H2,1-2H3,(H-,16,17,20,21)/p+1. The molecule has 6 nitrogen and oxygen atoms in total. The van der Waals surface area contributed by atoms with Crippen molar-refractivity contribution in [2.24, 2.45) is 0 Å². The Hall–Kier alpha value is -1.14. The predicted octanol–water partition coefficient (Wildman–Crippen LogP) is 0.0103. The van der Waals surface area contributed by atoms with Gasteiger partial charge in [0.1, 0.15) is 13.1 Å². The van der Waals surface area contributed by atoms with Gasteiger partial charge in [-0.3, -0.25) is 9.59 Å². The van der Waals surface area contributed by atoms with Crippen LogP contribution in [0.3, 0.4) is 0 Å². The lowest BCUT2D eigenvalue weighted by atomic mass is 10.1. The molecule has 0 aromatic rings. The minimum absolute atomic E-state index is 0.0907. The summed E-state index contributed by atoms with van der Waals surface area (Å²) in [5.41, 5.74) is 0. The van der Waals surface area contributed by atoms with E-state index in [9.17, 15) is 14.7 Å². The monoisotopic (exact) mass is 300 g/mol. The lowest BCUT2D eigenvalue weighted by Gasteiger charge is -2.48. The summed E-state index contributed by atoms with van der Waals surface area (Å²) in [6.45, 7) is 8.30. The van der Waals surface area contributed by atoms with Crippen LogP contribution < -0.4 is 10.6 Å². The SMILES string of the molecule is CCCC(=O)NCC[N+]1(CCNC(=O)CCC)CC(O)C1. The quantitative estimate of drug-likeness (QED) is 0.497. The third-order valence-corrected chi connectivity index (χ3v) is 3.97. The molecule has 0 unspecified atom stereocenters. The number of aliphatic hydroxyl groups is 1. The number of carbonyl (C=O) groups excluding carboxylic acids is 2. The molecule has 0 saturated carbocycles. The Kier molecular flexibility index (Phi) is 7.67. The maximum Gasteiger partial charge on any atom is 0.220 e. The van der Waals surface area contributed by atoms with E-state index in [2.05, 4.69) is 10.6 Å². The second-order valence-corrected chi connectivity index (χ2v) is 6.01. The minimum atomic E-state index is -0.248. The molecule has 122 valence electrons. The number of amides is 2.